The fourth-order valence-electron chi connectivity index (χ4n) is 2.91. The van der Waals surface area contributed by atoms with E-state index in [1.54, 1.807) is 0 Å². The molecule has 4 nitrogen and oxygen atoms in total. The normalized spacial score (nSPS) is 26.1. The van der Waals surface area contributed by atoms with E-state index < -0.39 is 5.54 Å². The molecule has 3 N–H and O–H groups in total. The predicted octanol–water partition coefficient (Wildman–Crippen LogP) is 2.61. The Hall–Kier alpha value is -0.610. The van der Waals surface area contributed by atoms with E-state index in [2.05, 4.69) is 19.2 Å². The van der Waals surface area contributed by atoms with E-state index in [1.807, 2.05) is 6.92 Å². The van der Waals surface area contributed by atoms with Crippen LogP contribution < -0.4 is 11.1 Å². The first-order valence-corrected chi connectivity index (χ1v) is 8.14. The van der Waals surface area contributed by atoms with Gasteiger partial charge in [0.05, 0.1) is 11.6 Å². The van der Waals surface area contributed by atoms with Crippen LogP contribution in [-0.2, 0) is 9.53 Å². The Morgan fingerprint density at radius 3 is 2.80 bits per heavy atom. The predicted molar refractivity (Wildman–Crippen MR) is 82.5 cm³/mol. The fraction of sp³-hybridized carbons (Fsp3) is 0.938. The second-order valence-electron chi connectivity index (χ2n) is 6.49. The van der Waals surface area contributed by atoms with Crippen LogP contribution in [0.25, 0.3) is 0 Å². The Balaban J connectivity index is 2.24. The molecule has 3 atom stereocenters. The first-order valence-electron chi connectivity index (χ1n) is 8.14. The lowest BCUT2D eigenvalue weighted by molar-refractivity contribution is -0.124. The third-order valence-corrected chi connectivity index (χ3v) is 4.37. The highest BCUT2D eigenvalue weighted by Gasteiger charge is 2.29. The van der Waals surface area contributed by atoms with E-state index in [0.29, 0.717) is 6.10 Å². The molecule has 0 spiro atoms. The zero-order valence-corrected chi connectivity index (χ0v) is 13.4. The van der Waals surface area contributed by atoms with E-state index in [0.717, 1.165) is 38.3 Å². The lowest BCUT2D eigenvalue weighted by Crippen LogP contribution is -2.53. The van der Waals surface area contributed by atoms with Gasteiger partial charge in [0, 0.05) is 6.61 Å². The molecule has 1 saturated carbocycles. The van der Waals surface area contributed by atoms with Crippen LogP contribution in [0.3, 0.4) is 0 Å². The van der Waals surface area contributed by atoms with Crippen LogP contribution >= 0.6 is 0 Å². The topological polar surface area (TPSA) is 64.3 Å². The average Bonchev–Trinajstić information content (AvgIpc) is 2.41. The maximum absolute atomic E-state index is 11.6. The number of carbonyl (C=O) groups is 1. The lowest BCUT2D eigenvalue weighted by Gasteiger charge is -2.29. The zero-order valence-electron chi connectivity index (χ0n) is 13.4. The molecule has 0 radical (unpaired) electrons. The summed E-state index contributed by atoms with van der Waals surface area (Å²) in [6.45, 7) is 7.83. The van der Waals surface area contributed by atoms with Gasteiger partial charge in [-0.1, -0.05) is 26.7 Å². The van der Waals surface area contributed by atoms with Crippen molar-refractivity contribution in [3.63, 3.8) is 0 Å². The second kappa shape index (κ2) is 8.63. The largest absolute Gasteiger partial charge is 0.378 e. The molecule has 0 aromatic rings. The van der Waals surface area contributed by atoms with E-state index in [4.69, 9.17) is 10.5 Å². The molecule has 1 aliphatic carbocycles. The number of rotatable bonds is 9. The van der Waals surface area contributed by atoms with Crippen molar-refractivity contribution in [1.82, 2.24) is 5.32 Å². The van der Waals surface area contributed by atoms with Gasteiger partial charge in [-0.05, 0) is 51.5 Å². The molecule has 20 heavy (non-hydrogen) atoms. The summed E-state index contributed by atoms with van der Waals surface area (Å²) in [6.07, 6.45) is 8.02. The van der Waals surface area contributed by atoms with Crippen molar-refractivity contribution in [2.45, 2.75) is 77.4 Å². The SMILES string of the molecule is CCCNC(C)(CCCOC1CCCC(C)C1)C(N)=O. The van der Waals surface area contributed by atoms with Crippen LogP contribution in [-0.4, -0.2) is 30.7 Å². The van der Waals surface area contributed by atoms with Crippen LogP contribution in [0, 0.1) is 5.92 Å². The molecule has 0 saturated heterocycles. The van der Waals surface area contributed by atoms with Crippen molar-refractivity contribution in [3.05, 3.63) is 0 Å². The summed E-state index contributed by atoms with van der Waals surface area (Å²) in [5.41, 5.74) is 4.91. The molecule has 3 unspecified atom stereocenters. The van der Waals surface area contributed by atoms with Gasteiger partial charge in [-0.25, -0.2) is 0 Å². The van der Waals surface area contributed by atoms with Crippen LogP contribution in [0.2, 0.25) is 0 Å². The monoisotopic (exact) mass is 284 g/mol. The van der Waals surface area contributed by atoms with Crippen LogP contribution in [0.15, 0.2) is 0 Å². The Kier molecular flexibility index (Phi) is 7.52. The second-order valence-corrected chi connectivity index (χ2v) is 6.49. The van der Waals surface area contributed by atoms with Gasteiger partial charge in [-0.3, -0.25) is 4.79 Å². The van der Waals surface area contributed by atoms with E-state index in [1.165, 1.54) is 25.7 Å². The molecule has 1 rings (SSSR count). The number of nitrogens with one attached hydrogen (secondary N) is 1. The molecule has 118 valence electrons. The summed E-state index contributed by atoms with van der Waals surface area (Å²) in [4.78, 5) is 11.6. The number of carbonyl (C=O) groups excluding carboxylic acids is 1. The third-order valence-electron chi connectivity index (χ3n) is 4.37. The molecule has 0 heterocycles. The van der Waals surface area contributed by atoms with E-state index in [-0.39, 0.29) is 5.91 Å². The van der Waals surface area contributed by atoms with Gasteiger partial charge in [0.2, 0.25) is 5.91 Å². The summed E-state index contributed by atoms with van der Waals surface area (Å²) in [5, 5.41) is 3.26. The highest BCUT2D eigenvalue weighted by Crippen LogP contribution is 2.26. The summed E-state index contributed by atoms with van der Waals surface area (Å²) in [6, 6.07) is 0. The number of ether oxygens (including phenoxy) is 1. The van der Waals surface area contributed by atoms with Crippen molar-refractivity contribution in [1.29, 1.82) is 0 Å². The van der Waals surface area contributed by atoms with Gasteiger partial charge < -0.3 is 15.8 Å². The van der Waals surface area contributed by atoms with Gasteiger partial charge in [0.25, 0.3) is 0 Å². The van der Waals surface area contributed by atoms with Crippen molar-refractivity contribution in [2.24, 2.45) is 11.7 Å². The minimum Gasteiger partial charge on any atom is -0.378 e. The molecule has 1 aliphatic rings. The van der Waals surface area contributed by atoms with Crippen LogP contribution in [0.1, 0.15) is 65.7 Å². The number of hydrogen-bond acceptors (Lipinski definition) is 3. The van der Waals surface area contributed by atoms with Gasteiger partial charge in [0.15, 0.2) is 0 Å². The summed E-state index contributed by atoms with van der Waals surface area (Å²) in [5.74, 6) is 0.521. The molecular weight excluding hydrogens is 252 g/mol. The minimum absolute atomic E-state index is 0.266. The molecule has 0 aliphatic heterocycles. The molecular formula is C16H32N2O2. The lowest BCUT2D eigenvalue weighted by atomic mass is 9.88. The summed E-state index contributed by atoms with van der Waals surface area (Å²) >= 11 is 0. The Labute approximate surface area is 123 Å². The standard InChI is InChI=1S/C16H32N2O2/c1-4-10-18-16(3,15(17)19)9-6-11-20-14-8-5-7-13(2)12-14/h13-14,18H,4-12H2,1-3H3,(H2,17,19). The van der Waals surface area contributed by atoms with Crippen molar-refractivity contribution in [2.75, 3.05) is 13.2 Å². The van der Waals surface area contributed by atoms with Crippen molar-refractivity contribution >= 4 is 5.91 Å². The van der Waals surface area contributed by atoms with Crippen LogP contribution in [0.4, 0.5) is 0 Å². The van der Waals surface area contributed by atoms with Gasteiger partial charge in [-0.15, -0.1) is 0 Å². The van der Waals surface area contributed by atoms with E-state index in [9.17, 15) is 4.79 Å². The average molecular weight is 284 g/mol. The molecule has 0 aromatic heterocycles. The molecule has 4 heteroatoms. The quantitative estimate of drug-likeness (QED) is 0.640. The summed E-state index contributed by atoms with van der Waals surface area (Å²) < 4.78 is 5.95. The number of nitrogens with two attached hydrogens (primary N) is 1. The van der Waals surface area contributed by atoms with Gasteiger partial charge >= 0.3 is 0 Å². The number of hydrogen-bond donors (Lipinski definition) is 2. The first-order chi connectivity index (χ1) is 9.48. The zero-order chi connectivity index (χ0) is 15.0. The Morgan fingerprint density at radius 1 is 1.45 bits per heavy atom. The minimum atomic E-state index is -0.598. The number of primary amides is 1. The highest BCUT2D eigenvalue weighted by molar-refractivity contribution is 5.84. The van der Waals surface area contributed by atoms with Gasteiger partial charge in [-0.2, -0.15) is 0 Å². The number of amides is 1. The van der Waals surface area contributed by atoms with E-state index >= 15 is 0 Å². The molecule has 0 bridgehead atoms. The van der Waals surface area contributed by atoms with Crippen molar-refractivity contribution in [3.8, 4) is 0 Å². The fourth-order valence-corrected chi connectivity index (χ4v) is 2.91. The van der Waals surface area contributed by atoms with Crippen molar-refractivity contribution < 1.29 is 9.53 Å². The van der Waals surface area contributed by atoms with Gasteiger partial charge in [0.1, 0.15) is 0 Å². The molecule has 0 aromatic carbocycles. The maximum atomic E-state index is 11.6. The third kappa shape index (κ3) is 5.80. The Morgan fingerprint density at radius 2 is 2.20 bits per heavy atom. The summed E-state index contributed by atoms with van der Waals surface area (Å²) in [7, 11) is 0. The smallest absolute Gasteiger partial charge is 0.237 e. The molecule has 1 fully saturated rings. The first kappa shape index (κ1) is 17.4. The highest BCUT2D eigenvalue weighted by atomic mass is 16.5. The maximum Gasteiger partial charge on any atom is 0.237 e. The van der Waals surface area contributed by atoms with Crippen LogP contribution in [0.5, 0.6) is 0 Å². The Bertz CT molecular complexity index is 296. The molecule has 1 amide bonds.